The summed E-state index contributed by atoms with van der Waals surface area (Å²) in [5.41, 5.74) is 2.55. The third kappa shape index (κ3) is 2.68. The Bertz CT molecular complexity index is 359. The van der Waals surface area contributed by atoms with Crippen molar-refractivity contribution in [1.82, 2.24) is 10.3 Å². The maximum absolute atomic E-state index is 4.90. The van der Waals surface area contributed by atoms with Gasteiger partial charge in [0.2, 0.25) is 0 Å². The van der Waals surface area contributed by atoms with Crippen LogP contribution in [0.2, 0.25) is 0 Å². The van der Waals surface area contributed by atoms with Gasteiger partial charge >= 0.3 is 0 Å². The summed E-state index contributed by atoms with van der Waals surface area (Å²) >= 11 is 0. The molecule has 0 bridgehead atoms. The van der Waals surface area contributed by atoms with Crippen molar-refractivity contribution in [3.05, 3.63) is 29.6 Å². The molecule has 2 heterocycles. The molecule has 94 valence electrons. The highest BCUT2D eigenvalue weighted by Gasteiger charge is 2.24. The molecule has 1 aromatic rings. The standard InChI is InChI=1S/C15H24N2/c1-10(2)15(11(3)4)14-7-5-6-13(17-14)12-8-16-9-12/h5-7,10-12,15-16H,8-9H2,1-4H3. The fraction of sp³-hybridized carbons (Fsp3) is 0.667. The first-order chi connectivity index (χ1) is 8.09. The van der Waals surface area contributed by atoms with Crippen molar-refractivity contribution in [2.45, 2.75) is 39.5 Å². The van der Waals surface area contributed by atoms with Crippen molar-refractivity contribution in [1.29, 1.82) is 0 Å². The second-order valence-electron chi connectivity index (χ2n) is 5.86. The van der Waals surface area contributed by atoms with Crippen molar-refractivity contribution >= 4 is 0 Å². The molecule has 1 aliphatic heterocycles. The topological polar surface area (TPSA) is 24.9 Å². The number of hydrogen-bond acceptors (Lipinski definition) is 2. The molecule has 1 aromatic heterocycles. The second-order valence-corrected chi connectivity index (χ2v) is 5.86. The summed E-state index contributed by atoms with van der Waals surface area (Å²) in [4.78, 5) is 4.90. The predicted molar refractivity (Wildman–Crippen MR) is 72.3 cm³/mol. The van der Waals surface area contributed by atoms with E-state index in [1.807, 2.05) is 0 Å². The largest absolute Gasteiger partial charge is 0.315 e. The van der Waals surface area contributed by atoms with E-state index in [1.54, 1.807) is 0 Å². The Morgan fingerprint density at radius 3 is 2.24 bits per heavy atom. The molecule has 0 spiro atoms. The Kier molecular flexibility index (Phi) is 3.82. The number of aromatic nitrogens is 1. The third-order valence-electron chi connectivity index (χ3n) is 3.77. The fourth-order valence-electron chi connectivity index (χ4n) is 2.83. The normalized spacial score (nSPS) is 16.9. The molecule has 2 heteroatoms. The van der Waals surface area contributed by atoms with Crippen LogP contribution in [0.25, 0.3) is 0 Å². The summed E-state index contributed by atoms with van der Waals surface area (Å²) in [6, 6.07) is 6.54. The van der Waals surface area contributed by atoms with E-state index in [0.29, 0.717) is 23.7 Å². The van der Waals surface area contributed by atoms with Crippen molar-refractivity contribution in [2.24, 2.45) is 11.8 Å². The molecular weight excluding hydrogens is 208 g/mol. The van der Waals surface area contributed by atoms with E-state index in [1.165, 1.54) is 11.4 Å². The molecule has 0 atom stereocenters. The van der Waals surface area contributed by atoms with Crippen LogP contribution in [0.4, 0.5) is 0 Å². The average molecular weight is 232 g/mol. The van der Waals surface area contributed by atoms with Crippen molar-refractivity contribution < 1.29 is 0 Å². The number of nitrogens with one attached hydrogen (secondary N) is 1. The van der Waals surface area contributed by atoms with Gasteiger partial charge in [-0.25, -0.2) is 0 Å². The lowest BCUT2D eigenvalue weighted by atomic mass is 9.82. The van der Waals surface area contributed by atoms with Gasteiger partial charge in [0.15, 0.2) is 0 Å². The van der Waals surface area contributed by atoms with E-state index >= 15 is 0 Å². The molecule has 0 saturated carbocycles. The van der Waals surface area contributed by atoms with Crippen LogP contribution in [-0.4, -0.2) is 18.1 Å². The van der Waals surface area contributed by atoms with Crippen molar-refractivity contribution in [3.63, 3.8) is 0 Å². The molecule has 1 aliphatic rings. The Hall–Kier alpha value is -0.890. The molecule has 0 aromatic carbocycles. The number of nitrogens with zero attached hydrogens (tertiary/aromatic N) is 1. The minimum atomic E-state index is 0.572. The summed E-state index contributed by atoms with van der Waals surface area (Å²) in [6.07, 6.45) is 0. The molecule has 1 saturated heterocycles. The van der Waals surface area contributed by atoms with E-state index in [-0.39, 0.29) is 0 Å². The lowest BCUT2D eigenvalue weighted by molar-refractivity contribution is 0.375. The monoisotopic (exact) mass is 232 g/mol. The summed E-state index contributed by atoms with van der Waals surface area (Å²) in [5.74, 6) is 2.51. The van der Waals surface area contributed by atoms with Crippen LogP contribution in [0.15, 0.2) is 18.2 Å². The zero-order valence-corrected chi connectivity index (χ0v) is 11.4. The van der Waals surface area contributed by atoms with Gasteiger partial charge in [0, 0.05) is 36.3 Å². The number of hydrogen-bond donors (Lipinski definition) is 1. The zero-order chi connectivity index (χ0) is 12.4. The van der Waals surface area contributed by atoms with Gasteiger partial charge in [-0.05, 0) is 24.0 Å². The first-order valence-electron chi connectivity index (χ1n) is 6.77. The molecule has 0 unspecified atom stereocenters. The van der Waals surface area contributed by atoms with Crippen LogP contribution in [0.1, 0.15) is 50.9 Å². The number of pyridine rings is 1. The molecule has 0 aliphatic carbocycles. The molecule has 0 amide bonds. The Morgan fingerprint density at radius 1 is 1.12 bits per heavy atom. The molecule has 2 nitrogen and oxygen atoms in total. The highest BCUT2D eigenvalue weighted by atomic mass is 15.0. The van der Waals surface area contributed by atoms with Gasteiger partial charge in [0.1, 0.15) is 0 Å². The minimum absolute atomic E-state index is 0.572. The van der Waals surface area contributed by atoms with Gasteiger partial charge < -0.3 is 5.32 Å². The second kappa shape index (κ2) is 5.18. The Labute approximate surface area is 105 Å². The molecule has 17 heavy (non-hydrogen) atoms. The molecule has 2 rings (SSSR count). The first kappa shape index (κ1) is 12.6. The van der Waals surface area contributed by atoms with Crippen molar-refractivity contribution in [3.8, 4) is 0 Å². The predicted octanol–water partition coefficient (Wildman–Crippen LogP) is 3.16. The van der Waals surface area contributed by atoms with Crippen molar-refractivity contribution in [2.75, 3.05) is 13.1 Å². The lowest BCUT2D eigenvalue weighted by Gasteiger charge is -2.29. The minimum Gasteiger partial charge on any atom is -0.315 e. The SMILES string of the molecule is CC(C)C(c1cccc(C2CNC2)n1)C(C)C. The Morgan fingerprint density at radius 2 is 1.76 bits per heavy atom. The van der Waals surface area contributed by atoms with E-state index < -0.39 is 0 Å². The van der Waals surface area contributed by atoms with Gasteiger partial charge in [0.25, 0.3) is 0 Å². The average Bonchev–Trinajstić information content (AvgIpc) is 2.14. The first-order valence-corrected chi connectivity index (χ1v) is 6.77. The summed E-state index contributed by atoms with van der Waals surface area (Å²) < 4.78 is 0. The molecule has 1 fully saturated rings. The quantitative estimate of drug-likeness (QED) is 0.862. The smallest absolute Gasteiger partial charge is 0.0463 e. The van der Waals surface area contributed by atoms with Gasteiger partial charge in [-0.2, -0.15) is 0 Å². The molecule has 0 radical (unpaired) electrons. The summed E-state index contributed by atoms with van der Waals surface area (Å²) in [7, 11) is 0. The maximum atomic E-state index is 4.90. The van der Waals surface area contributed by atoms with E-state index in [2.05, 4.69) is 51.2 Å². The van der Waals surface area contributed by atoms with E-state index in [4.69, 9.17) is 4.98 Å². The van der Waals surface area contributed by atoms with Crippen LogP contribution in [0.5, 0.6) is 0 Å². The van der Waals surface area contributed by atoms with E-state index in [0.717, 1.165) is 13.1 Å². The zero-order valence-electron chi connectivity index (χ0n) is 11.4. The molecular formula is C15H24N2. The third-order valence-corrected chi connectivity index (χ3v) is 3.77. The van der Waals surface area contributed by atoms with Crippen LogP contribution >= 0.6 is 0 Å². The van der Waals surface area contributed by atoms with E-state index in [9.17, 15) is 0 Å². The van der Waals surface area contributed by atoms with Gasteiger partial charge in [0.05, 0.1) is 0 Å². The highest BCUT2D eigenvalue weighted by Crippen LogP contribution is 2.31. The lowest BCUT2D eigenvalue weighted by Crippen LogP contribution is -2.40. The van der Waals surface area contributed by atoms with Crippen LogP contribution in [0.3, 0.4) is 0 Å². The van der Waals surface area contributed by atoms with Crippen LogP contribution in [-0.2, 0) is 0 Å². The Balaban J connectivity index is 2.24. The summed E-state index contributed by atoms with van der Waals surface area (Å²) in [6.45, 7) is 11.4. The number of rotatable bonds is 4. The molecule has 1 N–H and O–H groups in total. The summed E-state index contributed by atoms with van der Waals surface area (Å²) in [5, 5.41) is 3.31. The maximum Gasteiger partial charge on any atom is 0.0463 e. The van der Waals surface area contributed by atoms with Crippen LogP contribution < -0.4 is 5.32 Å². The van der Waals surface area contributed by atoms with Gasteiger partial charge in [-0.3, -0.25) is 4.98 Å². The van der Waals surface area contributed by atoms with Gasteiger partial charge in [-0.1, -0.05) is 33.8 Å². The van der Waals surface area contributed by atoms with Crippen LogP contribution in [0, 0.1) is 11.8 Å². The van der Waals surface area contributed by atoms with Gasteiger partial charge in [-0.15, -0.1) is 0 Å². The fourth-order valence-corrected chi connectivity index (χ4v) is 2.83. The highest BCUT2D eigenvalue weighted by molar-refractivity contribution is 5.20.